The third-order valence-electron chi connectivity index (χ3n) is 7.28. The summed E-state index contributed by atoms with van der Waals surface area (Å²) >= 11 is 0. The maximum atomic E-state index is 14.6. The van der Waals surface area contributed by atoms with Gasteiger partial charge in [-0.3, -0.25) is 0 Å². The van der Waals surface area contributed by atoms with Crippen molar-refractivity contribution < 1.29 is 18.4 Å². The largest absolute Gasteiger partial charge is 0.490 e. The van der Waals surface area contributed by atoms with Gasteiger partial charge < -0.3 is 9.63 Å². The van der Waals surface area contributed by atoms with Crippen molar-refractivity contribution in [2.24, 2.45) is 17.8 Å². The molecule has 0 aromatic heterocycles. The van der Waals surface area contributed by atoms with Gasteiger partial charge in [0.1, 0.15) is 0 Å². The van der Waals surface area contributed by atoms with Crippen molar-refractivity contribution in [1.82, 2.24) is 0 Å². The van der Waals surface area contributed by atoms with Gasteiger partial charge in [-0.05, 0) is 73.8 Å². The zero-order valence-electron chi connectivity index (χ0n) is 17.8. The van der Waals surface area contributed by atoms with Gasteiger partial charge in [0.15, 0.2) is 11.6 Å². The van der Waals surface area contributed by atoms with E-state index in [-0.39, 0.29) is 27.1 Å². The molecule has 5 heteroatoms. The summed E-state index contributed by atoms with van der Waals surface area (Å²) in [6.45, 7) is 2.48. The van der Waals surface area contributed by atoms with Crippen molar-refractivity contribution >= 4 is 8.81 Å². The van der Waals surface area contributed by atoms with Crippen molar-refractivity contribution in [3.8, 4) is 5.75 Å². The van der Waals surface area contributed by atoms with Gasteiger partial charge in [0.2, 0.25) is 5.82 Å². The van der Waals surface area contributed by atoms with Crippen LogP contribution in [0.1, 0.15) is 89.0 Å². The van der Waals surface area contributed by atoms with Crippen LogP contribution in [0, 0.1) is 29.4 Å². The van der Waals surface area contributed by atoms with Gasteiger partial charge in [0.25, 0.3) is 0 Å². The average Bonchev–Trinajstić information content (AvgIpc) is 2.76. The monoisotopic (exact) mass is 426 g/mol. The van der Waals surface area contributed by atoms with Gasteiger partial charge >= 0.3 is 0 Å². The van der Waals surface area contributed by atoms with E-state index in [1.165, 1.54) is 44.9 Å². The molecule has 3 rings (SSSR count). The summed E-state index contributed by atoms with van der Waals surface area (Å²) in [5, 5.41) is 0. The number of rotatable bonds is 9. The topological polar surface area (TPSA) is 29.5 Å². The SMILES string of the molecule is CCCCC1CCC(C2CCC(c3ccc(OCCPO)c(F)c3F)CC2)CC1. The van der Waals surface area contributed by atoms with Gasteiger partial charge in [-0.25, -0.2) is 4.39 Å². The molecule has 2 fully saturated rings. The van der Waals surface area contributed by atoms with E-state index in [1.807, 2.05) is 0 Å². The highest BCUT2D eigenvalue weighted by molar-refractivity contribution is 7.31. The molecule has 0 bridgehead atoms. The van der Waals surface area contributed by atoms with Crippen LogP contribution >= 0.6 is 8.81 Å². The zero-order chi connectivity index (χ0) is 20.6. The number of ether oxygens (including phenoxy) is 1. The second kappa shape index (κ2) is 11.6. The zero-order valence-corrected chi connectivity index (χ0v) is 18.8. The van der Waals surface area contributed by atoms with Crippen molar-refractivity contribution in [2.45, 2.75) is 83.5 Å². The predicted molar refractivity (Wildman–Crippen MR) is 117 cm³/mol. The molecular weight excluding hydrogens is 389 g/mol. The maximum Gasteiger partial charge on any atom is 0.200 e. The Bertz CT molecular complexity index is 624. The lowest BCUT2D eigenvalue weighted by atomic mass is 9.68. The minimum absolute atomic E-state index is 0.0435. The van der Waals surface area contributed by atoms with Crippen LogP contribution in [0.25, 0.3) is 0 Å². The molecule has 0 amide bonds. The lowest BCUT2D eigenvalue weighted by molar-refractivity contribution is 0.155. The summed E-state index contributed by atoms with van der Waals surface area (Å²) in [4.78, 5) is 8.83. The Balaban J connectivity index is 1.50. The summed E-state index contributed by atoms with van der Waals surface area (Å²) < 4.78 is 34.3. The highest BCUT2D eigenvalue weighted by atomic mass is 31.1. The molecule has 1 unspecified atom stereocenters. The normalized spacial score (nSPS) is 28.1. The average molecular weight is 427 g/mol. The fraction of sp³-hybridized carbons (Fsp3) is 0.750. The molecule has 164 valence electrons. The minimum Gasteiger partial charge on any atom is -0.490 e. The fourth-order valence-electron chi connectivity index (χ4n) is 5.52. The molecule has 2 saturated carbocycles. The standard InChI is InChI=1S/C24H37F2O2P/c1-2-3-4-17-5-7-18(8-6-17)19-9-11-20(12-10-19)21-13-14-22(24(26)23(21)25)28-15-16-29-27/h13-14,17-20,27,29H,2-12,15-16H2,1H3. The first-order chi connectivity index (χ1) is 14.1. The van der Waals surface area contributed by atoms with Gasteiger partial charge in [0, 0.05) is 15.0 Å². The lowest BCUT2D eigenvalue weighted by Crippen LogP contribution is -2.25. The van der Waals surface area contributed by atoms with Crippen molar-refractivity contribution in [3.63, 3.8) is 0 Å². The van der Waals surface area contributed by atoms with E-state index in [0.29, 0.717) is 11.7 Å². The van der Waals surface area contributed by atoms with Gasteiger partial charge in [-0.1, -0.05) is 45.1 Å². The smallest absolute Gasteiger partial charge is 0.200 e. The summed E-state index contributed by atoms with van der Waals surface area (Å²) in [7, 11) is -0.240. The van der Waals surface area contributed by atoms with E-state index in [0.717, 1.165) is 43.4 Å². The Morgan fingerprint density at radius 2 is 1.62 bits per heavy atom. The first-order valence-corrected chi connectivity index (χ1v) is 12.8. The highest BCUT2D eigenvalue weighted by Crippen LogP contribution is 2.45. The number of hydrogen-bond acceptors (Lipinski definition) is 2. The van der Waals surface area contributed by atoms with Gasteiger partial charge in [0.05, 0.1) is 6.61 Å². The second-order valence-electron chi connectivity index (χ2n) is 9.07. The molecule has 2 nitrogen and oxygen atoms in total. The second-order valence-corrected chi connectivity index (χ2v) is 9.89. The summed E-state index contributed by atoms with van der Waals surface area (Å²) in [6.07, 6.45) is 14.2. The first kappa shape index (κ1) is 22.9. The minimum atomic E-state index is -0.878. The van der Waals surface area contributed by atoms with Crippen molar-refractivity contribution in [1.29, 1.82) is 0 Å². The fourth-order valence-corrected chi connectivity index (χ4v) is 5.72. The Kier molecular flexibility index (Phi) is 9.18. The Labute approximate surface area is 176 Å². The quantitative estimate of drug-likeness (QED) is 0.334. The van der Waals surface area contributed by atoms with Gasteiger partial charge in [-0.2, -0.15) is 4.39 Å². The molecule has 0 heterocycles. The van der Waals surface area contributed by atoms with Crippen LogP contribution in [-0.4, -0.2) is 17.7 Å². The first-order valence-electron chi connectivity index (χ1n) is 11.6. The molecule has 29 heavy (non-hydrogen) atoms. The predicted octanol–water partition coefficient (Wildman–Crippen LogP) is 7.20. The molecule has 1 aromatic rings. The molecule has 2 aliphatic carbocycles. The number of hydrogen-bond donors (Lipinski definition) is 1. The summed E-state index contributed by atoms with van der Waals surface area (Å²) in [6, 6.07) is 3.26. The van der Waals surface area contributed by atoms with Crippen LogP contribution in [0.4, 0.5) is 8.78 Å². The van der Waals surface area contributed by atoms with Crippen LogP contribution in [0.15, 0.2) is 12.1 Å². The van der Waals surface area contributed by atoms with Crippen LogP contribution in [0.3, 0.4) is 0 Å². The van der Waals surface area contributed by atoms with E-state index in [1.54, 1.807) is 12.1 Å². The van der Waals surface area contributed by atoms with Crippen molar-refractivity contribution in [3.05, 3.63) is 29.3 Å². The molecule has 2 aliphatic rings. The number of halogens is 2. The van der Waals surface area contributed by atoms with E-state index in [4.69, 9.17) is 9.63 Å². The molecule has 0 saturated heterocycles. The molecular formula is C24H37F2O2P. The molecule has 0 radical (unpaired) electrons. The van der Waals surface area contributed by atoms with Crippen LogP contribution in [0.5, 0.6) is 5.75 Å². The highest BCUT2D eigenvalue weighted by Gasteiger charge is 2.32. The third kappa shape index (κ3) is 6.14. The molecule has 0 aliphatic heterocycles. The Hall–Kier alpha value is -0.730. The van der Waals surface area contributed by atoms with E-state index in [2.05, 4.69) is 6.92 Å². The van der Waals surface area contributed by atoms with Crippen molar-refractivity contribution in [2.75, 3.05) is 12.8 Å². The third-order valence-corrected chi connectivity index (χ3v) is 7.71. The van der Waals surface area contributed by atoms with Crippen LogP contribution in [-0.2, 0) is 0 Å². The van der Waals surface area contributed by atoms with E-state index in [9.17, 15) is 8.78 Å². The van der Waals surface area contributed by atoms with Crippen LogP contribution in [0.2, 0.25) is 0 Å². The molecule has 0 spiro atoms. The summed E-state index contributed by atoms with van der Waals surface area (Å²) in [5.74, 6) is 1.02. The Morgan fingerprint density at radius 3 is 2.24 bits per heavy atom. The lowest BCUT2D eigenvalue weighted by Gasteiger charge is -2.38. The van der Waals surface area contributed by atoms with Gasteiger partial charge in [-0.15, -0.1) is 0 Å². The molecule has 1 aromatic carbocycles. The maximum absolute atomic E-state index is 14.6. The van der Waals surface area contributed by atoms with Crippen LogP contribution < -0.4 is 4.74 Å². The molecule has 1 atom stereocenters. The summed E-state index contributed by atoms with van der Waals surface area (Å²) in [5.41, 5.74) is 0.514. The Morgan fingerprint density at radius 1 is 0.966 bits per heavy atom. The number of benzene rings is 1. The molecule has 1 N–H and O–H groups in total. The van der Waals surface area contributed by atoms with E-state index >= 15 is 0 Å². The van der Waals surface area contributed by atoms with E-state index < -0.39 is 11.6 Å². The number of unbranched alkanes of at least 4 members (excludes halogenated alkanes) is 1.